The molecule has 8 nitrogen and oxygen atoms in total. The molecule has 1 heterocycles. The Kier molecular flexibility index (Phi) is 9.57. The molecule has 232 valence electrons. The van der Waals surface area contributed by atoms with Crippen LogP contribution >= 0.6 is 0 Å². The SMILES string of the molecule is Cc1cc2c(cc1C(=O)N(C(C)C)C1CCCCC1)N(CCNC(=O)OCc1ccccc1)C(=O)C(C)(c1ccccc1)O2. The predicted octanol–water partition coefficient (Wildman–Crippen LogP) is 6.75. The molecule has 2 aliphatic rings. The molecular formula is C36H43N3O5. The Hall–Kier alpha value is -4.33. The molecule has 0 spiro atoms. The van der Waals surface area contributed by atoms with Crippen LogP contribution < -0.4 is 15.0 Å². The van der Waals surface area contributed by atoms with Gasteiger partial charge in [-0.05, 0) is 63.8 Å². The lowest BCUT2D eigenvalue weighted by atomic mass is 9.90. The fraction of sp³-hybridized carbons (Fsp3) is 0.417. The molecule has 3 aromatic rings. The average molecular weight is 598 g/mol. The zero-order chi connectivity index (χ0) is 31.3. The van der Waals surface area contributed by atoms with E-state index in [9.17, 15) is 14.4 Å². The number of rotatable bonds is 9. The van der Waals surface area contributed by atoms with Crippen molar-refractivity contribution in [1.29, 1.82) is 0 Å². The van der Waals surface area contributed by atoms with Crippen molar-refractivity contribution in [2.24, 2.45) is 0 Å². The highest BCUT2D eigenvalue weighted by Crippen LogP contribution is 2.44. The van der Waals surface area contributed by atoms with Gasteiger partial charge in [0.05, 0.1) is 5.69 Å². The van der Waals surface area contributed by atoms with Crippen molar-refractivity contribution in [2.45, 2.75) is 84.1 Å². The molecule has 3 amide bonds. The highest BCUT2D eigenvalue weighted by Gasteiger charge is 2.46. The molecule has 0 radical (unpaired) electrons. The minimum absolute atomic E-state index is 0.0291. The summed E-state index contributed by atoms with van der Waals surface area (Å²) in [7, 11) is 0. The number of aryl methyl sites for hydroxylation is 1. The van der Waals surface area contributed by atoms with Crippen molar-refractivity contribution in [2.75, 3.05) is 18.0 Å². The zero-order valence-electron chi connectivity index (χ0n) is 26.2. The van der Waals surface area contributed by atoms with E-state index >= 15 is 0 Å². The molecule has 0 saturated heterocycles. The van der Waals surface area contributed by atoms with Gasteiger partial charge in [-0.3, -0.25) is 9.59 Å². The number of ether oxygens (including phenoxy) is 2. The average Bonchev–Trinajstić information content (AvgIpc) is 3.03. The molecule has 1 aliphatic carbocycles. The molecular weight excluding hydrogens is 554 g/mol. The smallest absolute Gasteiger partial charge is 0.407 e. The van der Waals surface area contributed by atoms with Crippen molar-refractivity contribution in [1.82, 2.24) is 10.2 Å². The quantitative estimate of drug-likeness (QED) is 0.295. The van der Waals surface area contributed by atoms with Gasteiger partial charge in [-0.1, -0.05) is 79.9 Å². The first-order valence-electron chi connectivity index (χ1n) is 15.7. The van der Waals surface area contributed by atoms with Crippen molar-refractivity contribution in [3.8, 4) is 5.75 Å². The molecule has 0 bridgehead atoms. The fourth-order valence-corrected chi connectivity index (χ4v) is 6.35. The molecule has 0 aromatic heterocycles. The fourth-order valence-electron chi connectivity index (χ4n) is 6.35. The zero-order valence-corrected chi connectivity index (χ0v) is 26.2. The Balaban J connectivity index is 1.42. The Morgan fingerprint density at radius 3 is 2.34 bits per heavy atom. The molecule has 1 unspecified atom stereocenters. The predicted molar refractivity (Wildman–Crippen MR) is 171 cm³/mol. The summed E-state index contributed by atoms with van der Waals surface area (Å²) in [5, 5.41) is 2.77. The van der Waals surface area contributed by atoms with E-state index in [2.05, 4.69) is 19.2 Å². The van der Waals surface area contributed by atoms with Gasteiger partial charge in [0.25, 0.3) is 11.8 Å². The van der Waals surface area contributed by atoms with Gasteiger partial charge in [-0.25, -0.2) is 4.79 Å². The van der Waals surface area contributed by atoms with Crippen molar-refractivity contribution in [3.63, 3.8) is 0 Å². The number of hydrogen-bond acceptors (Lipinski definition) is 5. The van der Waals surface area contributed by atoms with Crippen LogP contribution in [0.5, 0.6) is 5.75 Å². The minimum Gasteiger partial charge on any atom is -0.471 e. The molecule has 3 aromatic carbocycles. The summed E-state index contributed by atoms with van der Waals surface area (Å²) in [6.07, 6.45) is 4.89. The molecule has 8 heteroatoms. The summed E-state index contributed by atoms with van der Waals surface area (Å²) < 4.78 is 11.8. The molecule has 5 rings (SSSR count). The highest BCUT2D eigenvalue weighted by atomic mass is 16.5. The van der Waals surface area contributed by atoms with Crippen LogP contribution in [0.1, 0.15) is 79.9 Å². The number of nitrogens with zero attached hydrogens (tertiary/aromatic N) is 2. The molecule has 1 aliphatic heterocycles. The summed E-state index contributed by atoms with van der Waals surface area (Å²) in [5.74, 6) is 0.218. The molecule has 44 heavy (non-hydrogen) atoms. The van der Waals surface area contributed by atoms with Gasteiger partial charge in [0, 0.05) is 36.3 Å². The molecule has 1 fully saturated rings. The third-order valence-electron chi connectivity index (χ3n) is 8.70. The van der Waals surface area contributed by atoms with Gasteiger partial charge in [-0.15, -0.1) is 0 Å². The van der Waals surface area contributed by atoms with E-state index in [1.807, 2.05) is 78.6 Å². The van der Waals surface area contributed by atoms with E-state index in [0.717, 1.165) is 42.4 Å². The second-order valence-corrected chi connectivity index (χ2v) is 12.2. The Morgan fingerprint density at radius 1 is 1.02 bits per heavy atom. The maximum atomic E-state index is 14.2. The number of benzene rings is 3. The Morgan fingerprint density at radius 2 is 1.68 bits per heavy atom. The van der Waals surface area contributed by atoms with Crippen LogP contribution in [-0.4, -0.2) is 48.0 Å². The van der Waals surface area contributed by atoms with Gasteiger partial charge >= 0.3 is 6.09 Å². The van der Waals surface area contributed by atoms with Crippen LogP contribution in [0.2, 0.25) is 0 Å². The Bertz CT molecular complexity index is 1470. The van der Waals surface area contributed by atoms with Gasteiger partial charge in [0.1, 0.15) is 12.4 Å². The number of amides is 3. The summed E-state index contributed by atoms with van der Waals surface area (Å²) in [4.78, 5) is 44.5. The van der Waals surface area contributed by atoms with Crippen LogP contribution in [0.4, 0.5) is 10.5 Å². The van der Waals surface area contributed by atoms with Crippen molar-refractivity contribution >= 4 is 23.6 Å². The largest absolute Gasteiger partial charge is 0.471 e. The van der Waals surface area contributed by atoms with Crippen LogP contribution in [0.3, 0.4) is 0 Å². The van der Waals surface area contributed by atoms with E-state index < -0.39 is 11.7 Å². The van der Waals surface area contributed by atoms with Crippen LogP contribution in [0, 0.1) is 6.92 Å². The number of carbonyl (C=O) groups is 3. The topological polar surface area (TPSA) is 88.2 Å². The first kappa shape index (κ1) is 31.1. The lowest BCUT2D eigenvalue weighted by Crippen LogP contribution is -2.54. The van der Waals surface area contributed by atoms with E-state index in [0.29, 0.717) is 17.0 Å². The number of alkyl carbamates (subject to hydrolysis) is 1. The molecule has 1 atom stereocenters. The summed E-state index contributed by atoms with van der Waals surface area (Å²) in [6.45, 7) is 8.28. The third kappa shape index (κ3) is 6.59. The van der Waals surface area contributed by atoms with E-state index in [-0.39, 0.29) is 43.6 Å². The minimum atomic E-state index is -1.29. The van der Waals surface area contributed by atoms with Crippen molar-refractivity contribution in [3.05, 3.63) is 95.1 Å². The molecule has 1 saturated carbocycles. The number of anilines is 1. The van der Waals surface area contributed by atoms with Gasteiger partial charge in [0.15, 0.2) is 0 Å². The summed E-state index contributed by atoms with van der Waals surface area (Å²) >= 11 is 0. The summed E-state index contributed by atoms with van der Waals surface area (Å²) in [6, 6.07) is 22.7. The standard InChI is InChI=1S/C36H43N3O5/c1-25(2)39(29-18-12-7-13-19-29)33(40)30-23-31-32(22-26(30)3)44-36(4,28-16-10-6-11-17-28)34(41)38(31)21-20-37-35(42)43-24-27-14-8-5-9-15-27/h5-6,8-11,14-17,22-23,25,29H,7,12-13,18-21,24H2,1-4H3,(H,37,42). The third-order valence-corrected chi connectivity index (χ3v) is 8.70. The highest BCUT2D eigenvalue weighted by molar-refractivity contribution is 6.05. The van der Waals surface area contributed by atoms with Gasteiger partial charge < -0.3 is 24.6 Å². The first-order chi connectivity index (χ1) is 21.2. The van der Waals surface area contributed by atoms with E-state index in [1.54, 1.807) is 17.9 Å². The number of hydrogen-bond donors (Lipinski definition) is 1. The van der Waals surface area contributed by atoms with Crippen molar-refractivity contribution < 1.29 is 23.9 Å². The van der Waals surface area contributed by atoms with E-state index in [4.69, 9.17) is 9.47 Å². The first-order valence-corrected chi connectivity index (χ1v) is 15.7. The second kappa shape index (κ2) is 13.5. The van der Waals surface area contributed by atoms with E-state index in [1.165, 1.54) is 6.42 Å². The lowest BCUT2D eigenvalue weighted by Gasteiger charge is -2.42. The maximum Gasteiger partial charge on any atom is 0.407 e. The number of carbonyl (C=O) groups excluding carboxylic acids is 3. The summed E-state index contributed by atoms with van der Waals surface area (Å²) in [5.41, 5.74) is 2.19. The van der Waals surface area contributed by atoms with Crippen LogP contribution in [0.25, 0.3) is 0 Å². The van der Waals surface area contributed by atoms with Crippen LogP contribution in [0.15, 0.2) is 72.8 Å². The monoisotopic (exact) mass is 597 g/mol. The Labute approximate surface area is 260 Å². The lowest BCUT2D eigenvalue weighted by molar-refractivity contribution is -0.135. The normalized spacial score (nSPS) is 18.4. The number of fused-ring (bicyclic) bond motifs is 1. The number of nitrogens with one attached hydrogen (secondary N) is 1. The van der Waals surface area contributed by atoms with Gasteiger partial charge in [-0.2, -0.15) is 0 Å². The second-order valence-electron chi connectivity index (χ2n) is 12.2. The van der Waals surface area contributed by atoms with Gasteiger partial charge in [0.2, 0.25) is 5.60 Å². The molecule has 1 N–H and O–H groups in total. The van der Waals surface area contributed by atoms with Crippen LogP contribution in [-0.2, 0) is 21.7 Å². The maximum absolute atomic E-state index is 14.2.